The predicted molar refractivity (Wildman–Crippen MR) is 128 cm³/mol. The fourth-order valence-corrected chi connectivity index (χ4v) is 4.11. The van der Waals surface area contributed by atoms with E-state index in [4.69, 9.17) is 9.97 Å². The summed E-state index contributed by atoms with van der Waals surface area (Å²) in [6.07, 6.45) is 6.03. The summed E-state index contributed by atoms with van der Waals surface area (Å²) in [6, 6.07) is 6.31. The van der Waals surface area contributed by atoms with Gasteiger partial charge in [0.25, 0.3) is 5.56 Å². The molecule has 9 nitrogen and oxygen atoms in total. The minimum Gasteiger partial charge on any atom is -0.324 e. The van der Waals surface area contributed by atoms with Crippen molar-refractivity contribution < 1.29 is 0 Å². The van der Waals surface area contributed by atoms with Crippen LogP contribution in [0.15, 0.2) is 41.6 Å². The standard InChI is InChI=1S/C24H28N8O/c1-5-31-22(33)18-12-27-23(28-17-7-6-15-8-9-25-11-16(15)10-17)30-21(18)32(31)20-14-26-13-19(29-20)24(2,3)4/h6-7,10,12-14,25H,5,8-9,11H2,1-4H3,(H,27,28,30). The molecule has 0 spiro atoms. The molecule has 3 aromatic heterocycles. The molecule has 0 bridgehead atoms. The van der Waals surface area contributed by atoms with Gasteiger partial charge in [-0.15, -0.1) is 0 Å². The number of hydrogen-bond donors (Lipinski definition) is 2. The quantitative estimate of drug-likeness (QED) is 0.499. The number of benzene rings is 1. The zero-order chi connectivity index (χ0) is 23.2. The topological polar surface area (TPSA) is 103 Å². The van der Waals surface area contributed by atoms with Crippen LogP contribution in [0.4, 0.5) is 11.6 Å². The summed E-state index contributed by atoms with van der Waals surface area (Å²) in [7, 11) is 0. The maximum atomic E-state index is 13.1. The highest BCUT2D eigenvalue weighted by atomic mass is 16.1. The Morgan fingerprint density at radius 3 is 2.76 bits per heavy atom. The van der Waals surface area contributed by atoms with Crippen molar-refractivity contribution in [2.45, 2.75) is 52.6 Å². The first-order valence-electron chi connectivity index (χ1n) is 11.3. The fourth-order valence-electron chi connectivity index (χ4n) is 4.11. The molecule has 0 atom stereocenters. The van der Waals surface area contributed by atoms with Gasteiger partial charge in [-0.3, -0.25) is 9.78 Å². The molecule has 0 aliphatic carbocycles. The van der Waals surface area contributed by atoms with Crippen molar-refractivity contribution in [2.24, 2.45) is 0 Å². The average Bonchev–Trinajstić information content (AvgIpc) is 3.09. The lowest BCUT2D eigenvalue weighted by Crippen LogP contribution is -2.23. The Morgan fingerprint density at radius 1 is 1.12 bits per heavy atom. The molecule has 33 heavy (non-hydrogen) atoms. The second-order valence-corrected chi connectivity index (χ2v) is 9.31. The number of hydrogen-bond acceptors (Lipinski definition) is 7. The lowest BCUT2D eigenvalue weighted by Gasteiger charge is -2.19. The van der Waals surface area contributed by atoms with Crippen molar-refractivity contribution in [3.8, 4) is 5.82 Å². The van der Waals surface area contributed by atoms with Gasteiger partial charge in [-0.05, 0) is 43.1 Å². The number of fused-ring (bicyclic) bond motifs is 2. The Labute approximate surface area is 191 Å². The first-order valence-corrected chi connectivity index (χ1v) is 11.3. The van der Waals surface area contributed by atoms with Crippen molar-refractivity contribution >= 4 is 22.7 Å². The number of rotatable bonds is 4. The molecule has 2 N–H and O–H groups in total. The van der Waals surface area contributed by atoms with Crippen molar-refractivity contribution in [1.29, 1.82) is 0 Å². The average molecular weight is 445 g/mol. The normalized spacial score (nSPS) is 13.8. The highest BCUT2D eigenvalue weighted by molar-refractivity contribution is 5.77. The molecule has 0 radical (unpaired) electrons. The van der Waals surface area contributed by atoms with Crippen LogP contribution in [0.1, 0.15) is 44.5 Å². The predicted octanol–water partition coefficient (Wildman–Crippen LogP) is 3.08. The van der Waals surface area contributed by atoms with Crippen molar-refractivity contribution in [3.63, 3.8) is 0 Å². The number of nitrogens with zero attached hydrogens (tertiary/aromatic N) is 6. The second-order valence-electron chi connectivity index (χ2n) is 9.31. The highest BCUT2D eigenvalue weighted by Crippen LogP contribution is 2.24. The van der Waals surface area contributed by atoms with E-state index in [1.54, 1.807) is 28.0 Å². The Bertz CT molecular complexity index is 1400. The molecule has 170 valence electrons. The van der Waals surface area contributed by atoms with Crippen LogP contribution in [0.5, 0.6) is 0 Å². The van der Waals surface area contributed by atoms with Crippen molar-refractivity contribution in [2.75, 3.05) is 11.9 Å². The summed E-state index contributed by atoms with van der Waals surface area (Å²) in [6.45, 7) is 10.5. The minimum atomic E-state index is -0.174. The van der Waals surface area contributed by atoms with E-state index in [9.17, 15) is 4.79 Å². The van der Waals surface area contributed by atoms with E-state index >= 15 is 0 Å². The van der Waals surface area contributed by atoms with Gasteiger partial charge in [-0.25, -0.2) is 19.3 Å². The molecule has 4 aromatic rings. The third-order valence-electron chi connectivity index (χ3n) is 5.93. The van der Waals surface area contributed by atoms with Crippen LogP contribution in [0.25, 0.3) is 16.9 Å². The minimum absolute atomic E-state index is 0.151. The summed E-state index contributed by atoms with van der Waals surface area (Å²) in [5, 5.41) is 7.14. The Kier molecular flexibility index (Phi) is 5.20. The van der Waals surface area contributed by atoms with Gasteiger partial charge >= 0.3 is 0 Å². The van der Waals surface area contributed by atoms with Crippen LogP contribution in [-0.2, 0) is 24.9 Å². The van der Waals surface area contributed by atoms with E-state index in [-0.39, 0.29) is 11.0 Å². The lowest BCUT2D eigenvalue weighted by atomic mass is 9.93. The molecule has 9 heteroatoms. The van der Waals surface area contributed by atoms with Crippen molar-refractivity contribution in [3.05, 3.63) is 64.0 Å². The first kappa shape index (κ1) is 21.3. The SMILES string of the molecule is CCn1c(=O)c2cnc(Nc3ccc4c(c3)CNCC4)nc2n1-c1cncc(C(C)(C)C)n1. The molecule has 5 rings (SSSR count). The van der Waals surface area contributed by atoms with E-state index < -0.39 is 0 Å². The Hall–Kier alpha value is -3.59. The van der Waals surface area contributed by atoms with Crippen LogP contribution < -0.4 is 16.2 Å². The van der Waals surface area contributed by atoms with E-state index in [1.807, 2.05) is 13.0 Å². The van der Waals surface area contributed by atoms with Gasteiger partial charge in [-0.2, -0.15) is 4.98 Å². The van der Waals surface area contributed by atoms with Crippen LogP contribution >= 0.6 is 0 Å². The Morgan fingerprint density at radius 2 is 1.97 bits per heavy atom. The molecule has 0 fully saturated rings. The van der Waals surface area contributed by atoms with Crippen LogP contribution in [0, 0.1) is 0 Å². The molecular weight excluding hydrogens is 416 g/mol. The smallest absolute Gasteiger partial charge is 0.278 e. The molecule has 1 aromatic carbocycles. The summed E-state index contributed by atoms with van der Waals surface area (Å²) in [4.78, 5) is 31.4. The molecule has 0 saturated heterocycles. The molecular formula is C24H28N8O. The van der Waals surface area contributed by atoms with Crippen LogP contribution in [0.2, 0.25) is 0 Å². The maximum Gasteiger partial charge on any atom is 0.278 e. The molecule has 4 heterocycles. The zero-order valence-electron chi connectivity index (χ0n) is 19.4. The third-order valence-corrected chi connectivity index (χ3v) is 5.93. The number of anilines is 2. The maximum absolute atomic E-state index is 13.1. The van der Waals surface area contributed by atoms with Crippen LogP contribution in [0.3, 0.4) is 0 Å². The summed E-state index contributed by atoms with van der Waals surface area (Å²) in [5.41, 5.74) is 4.56. The van der Waals surface area contributed by atoms with E-state index in [1.165, 1.54) is 11.1 Å². The fraction of sp³-hybridized carbons (Fsp3) is 0.375. The van der Waals surface area contributed by atoms with Gasteiger partial charge < -0.3 is 10.6 Å². The molecule has 0 saturated carbocycles. The van der Waals surface area contributed by atoms with Gasteiger partial charge in [0.1, 0.15) is 5.39 Å². The van der Waals surface area contributed by atoms with Gasteiger partial charge in [0.05, 0.1) is 11.9 Å². The number of aromatic nitrogens is 6. The monoisotopic (exact) mass is 444 g/mol. The van der Waals surface area contributed by atoms with Gasteiger partial charge in [-0.1, -0.05) is 26.8 Å². The summed E-state index contributed by atoms with van der Waals surface area (Å²) < 4.78 is 3.35. The first-order chi connectivity index (χ1) is 15.8. The molecule has 1 aliphatic rings. The van der Waals surface area contributed by atoms with E-state index in [0.717, 1.165) is 30.9 Å². The largest absolute Gasteiger partial charge is 0.324 e. The van der Waals surface area contributed by atoms with Crippen LogP contribution in [-0.4, -0.2) is 35.8 Å². The second kappa shape index (κ2) is 8.08. The third kappa shape index (κ3) is 3.89. The zero-order valence-corrected chi connectivity index (χ0v) is 19.4. The molecule has 0 unspecified atom stereocenters. The van der Waals surface area contributed by atoms with Crippen molar-refractivity contribution in [1.82, 2.24) is 34.6 Å². The lowest BCUT2D eigenvalue weighted by molar-refractivity contribution is 0.541. The van der Waals surface area contributed by atoms with E-state index in [0.29, 0.717) is 29.3 Å². The Balaban J connectivity index is 1.60. The summed E-state index contributed by atoms with van der Waals surface area (Å²) in [5.74, 6) is 0.981. The van der Waals surface area contributed by atoms with Gasteiger partial charge in [0, 0.05) is 36.6 Å². The summed E-state index contributed by atoms with van der Waals surface area (Å²) >= 11 is 0. The number of nitrogens with one attached hydrogen (secondary N) is 2. The van der Waals surface area contributed by atoms with Gasteiger partial charge in [0.2, 0.25) is 5.95 Å². The van der Waals surface area contributed by atoms with Gasteiger partial charge in [0.15, 0.2) is 11.5 Å². The molecule has 0 amide bonds. The highest BCUT2D eigenvalue weighted by Gasteiger charge is 2.21. The molecule has 1 aliphatic heterocycles. The van der Waals surface area contributed by atoms with E-state index in [2.05, 4.69) is 53.5 Å².